The zero-order chi connectivity index (χ0) is 21.6. The fraction of sp³-hybridized carbons (Fsp3) is 0.692. The van der Waals surface area contributed by atoms with Crippen molar-refractivity contribution in [2.75, 3.05) is 44.6 Å². The first-order valence-corrected chi connectivity index (χ1v) is 12.2. The Bertz CT molecular complexity index is 821. The Balaban J connectivity index is 1.10. The molecule has 1 aliphatic heterocycles. The molecule has 0 aromatic heterocycles. The van der Waals surface area contributed by atoms with E-state index in [9.17, 15) is 9.59 Å². The second kappa shape index (κ2) is 8.32. The van der Waals surface area contributed by atoms with Crippen LogP contribution in [0.4, 0.5) is 5.69 Å². The van der Waals surface area contributed by atoms with Gasteiger partial charge in [-0.15, -0.1) is 0 Å². The standard InChI is InChI=1S/C26H37N3O2/c1-18-4-3-5-23(19(18)2)27-25(31)17-29-8-6-28(7-9-29)16-24(30)26-13-20-10-21(14-26)12-22(11-20)15-26/h3-5,20-22H,6-17H2,1-2H3,(H,27,31). The van der Waals surface area contributed by atoms with Crippen LogP contribution in [0.1, 0.15) is 49.7 Å². The predicted octanol–water partition coefficient (Wildman–Crippen LogP) is 3.65. The van der Waals surface area contributed by atoms with Crippen molar-refractivity contribution in [2.45, 2.75) is 52.4 Å². The number of rotatable bonds is 6. The number of piperazine rings is 1. The quantitative estimate of drug-likeness (QED) is 0.759. The molecule has 5 nitrogen and oxygen atoms in total. The van der Waals surface area contributed by atoms with E-state index in [1.807, 2.05) is 19.1 Å². The maximum atomic E-state index is 13.4. The molecular weight excluding hydrogens is 386 g/mol. The van der Waals surface area contributed by atoms with Gasteiger partial charge in [0.15, 0.2) is 5.78 Å². The van der Waals surface area contributed by atoms with Gasteiger partial charge < -0.3 is 5.32 Å². The van der Waals surface area contributed by atoms with E-state index < -0.39 is 0 Å². The van der Waals surface area contributed by atoms with Crippen LogP contribution in [-0.2, 0) is 9.59 Å². The van der Waals surface area contributed by atoms with Crippen molar-refractivity contribution < 1.29 is 9.59 Å². The van der Waals surface area contributed by atoms with Crippen LogP contribution in [0.25, 0.3) is 0 Å². The van der Waals surface area contributed by atoms with Gasteiger partial charge in [-0.2, -0.15) is 0 Å². The Labute approximate surface area is 186 Å². The molecule has 0 spiro atoms. The lowest BCUT2D eigenvalue weighted by atomic mass is 9.48. The minimum Gasteiger partial charge on any atom is -0.325 e. The maximum Gasteiger partial charge on any atom is 0.238 e. The van der Waals surface area contributed by atoms with Gasteiger partial charge in [-0.05, 0) is 87.3 Å². The molecule has 1 saturated heterocycles. The highest BCUT2D eigenvalue weighted by molar-refractivity contribution is 5.93. The molecule has 4 saturated carbocycles. The Kier molecular flexibility index (Phi) is 5.68. The highest BCUT2D eigenvalue weighted by atomic mass is 16.2. The van der Waals surface area contributed by atoms with Gasteiger partial charge in [0.25, 0.3) is 0 Å². The zero-order valence-corrected chi connectivity index (χ0v) is 19.2. The van der Waals surface area contributed by atoms with Crippen LogP contribution < -0.4 is 5.32 Å². The second-order valence-electron chi connectivity index (χ2n) is 11.0. The van der Waals surface area contributed by atoms with E-state index in [0.29, 0.717) is 18.9 Å². The summed E-state index contributed by atoms with van der Waals surface area (Å²) >= 11 is 0. The summed E-state index contributed by atoms with van der Waals surface area (Å²) in [5.74, 6) is 3.03. The molecule has 168 valence electrons. The van der Waals surface area contributed by atoms with Crippen molar-refractivity contribution >= 4 is 17.4 Å². The number of hydrogen-bond acceptors (Lipinski definition) is 4. The molecule has 31 heavy (non-hydrogen) atoms. The number of aryl methyl sites for hydroxylation is 1. The van der Waals surface area contributed by atoms with E-state index >= 15 is 0 Å². The average Bonchev–Trinajstić information content (AvgIpc) is 2.72. The van der Waals surface area contributed by atoms with E-state index in [4.69, 9.17) is 0 Å². The first-order chi connectivity index (χ1) is 14.9. The van der Waals surface area contributed by atoms with E-state index in [1.165, 1.54) is 24.8 Å². The lowest BCUT2D eigenvalue weighted by Crippen LogP contribution is -2.55. The number of amides is 1. The summed E-state index contributed by atoms with van der Waals surface area (Å²) in [6.07, 6.45) is 7.64. The third-order valence-electron chi connectivity index (χ3n) is 8.71. The smallest absolute Gasteiger partial charge is 0.238 e. The molecule has 1 aromatic carbocycles. The Morgan fingerprint density at radius 2 is 1.45 bits per heavy atom. The number of nitrogens with zero attached hydrogens (tertiary/aromatic N) is 2. The monoisotopic (exact) mass is 423 g/mol. The SMILES string of the molecule is Cc1cccc(NC(=O)CN2CCN(CC(=O)C34CC5CC(CC(C5)C3)C4)CC2)c1C. The number of anilines is 1. The number of Topliss-reactive ketones (excluding diaryl/α,β-unsaturated/α-hetero) is 1. The molecule has 1 N–H and O–H groups in total. The molecule has 6 rings (SSSR count). The van der Waals surface area contributed by atoms with Crippen LogP contribution >= 0.6 is 0 Å². The minimum atomic E-state index is 0.0114. The van der Waals surface area contributed by atoms with Crippen molar-refractivity contribution in [3.63, 3.8) is 0 Å². The van der Waals surface area contributed by atoms with Crippen LogP contribution in [0.15, 0.2) is 18.2 Å². The number of carbonyl (C=O) groups excluding carboxylic acids is 2. The predicted molar refractivity (Wildman–Crippen MR) is 123 cm³/mol. The Morgan fingerprint density at radius 1 is 0.903 bits per heavy atom. The second-order valence-corrected chi connectivity index (χ2v) is 11.0. The summed E-state index contributed by atoms with van der Waals surface area (Å²) in [5, 5.41) is 3.07. The molecule has 4 aliphatic carbocycles. The van der Waals surface area contributed by atoms with Crippen LogP contribution in [0, 0.1) is 37.0 Å². The fourth-order valence-electron chi connectivity index (χ4n) is 7.21. The van der Waals surface area contributed by atoms with Gasteiger partial charge in [0.2, 0.25) is 5.91 Å². The number of benzene rings is 1. The summed E-state index contributed by atoms with van der Waals surface area (Å²) in [5.41, 5.74) is 3.24. The van der Waals surface area contributed by atoms with Gasteiger partial charge in [-0.1, -0.05) is 12.1 Å². The molecule has 5 fully saturated rings. The molecule has 5 aliphatic rings. The van der Waals surface area contributed by atoms with Crippen molar-refractivity contribution in [1.82, 2.24) is 9.80 Å². The number of nitrogens with one attached hydrogen (secondary N) is 1. The first-order valence-electron chi connectivity index (χ1n) is 12.2. The fourth-order valence-corrected chi connectivity index (χ4v) is 7.21. The summed E-state index contributed by atoms with van der Waals surface area (Å²) in [4.78, 5) is 30.5. The van der Waals surface area contributed by atoms with E-state index in [0.717, 1.165) is 74.4 Å². The average molecular weight is 424 g/mol. The van der Waals surface area contributed by atoms with Gasteiger partial charge in [0, 0.05) is 37.3 Å². The summed E-state index contributed by atoms with van der Waals surface area (Å²) in [7, 11) is 0. The van der Waals surface area contributed by atoms with Gasteiger partial charge >= 0.3 is 0 Å². The van der Waals surface area contributed by atoms with Crippen molar-refractivity contribution in [3.8, 4) is 0 Å². The molecule has 4 bridgehead atoms. The van der Waals surface area contributed by atoms with Crippen LogP contribution in [-0.4, -0.2) is 60.8 Å². The number of carbonyl (C=O) groups is 2. The molecule has 5 heteroatoms. The first kappa shape index (κ1) is 21.1. The Hall–Kier alpha value is -1.72. The summed E-state index contributed by atoms with van der Waals surface area (Å²) < 4.78 is 0. The van der Waals surface area contributed by atoms with Gasteiger partial charge in [-0.3, -0.25) is 19.4 Å². The lowest BCUT2D eigenvalue weighted by Gasteiger charge is -2.56. The normalized spacial score (nSPS) is 32.9. The minimum absolute atomic E-state index is 0.0114. The molecule has 0 radical (unpaired) electrons. The zero-order valence-electron chi connectivity index (χ0n) is 19.2. The molecule has 1 amide bonds. The third-order valence-corrected chi connectivity index (χ3v) is 8.71. The molecular formula is C26H37N3O2. The highest BCUT2D eigenvalue weighted by Gasteiger charge is 2.54. The van der Waals surface area contributed by atoms with Gasteiger partial charge in [-0.25, -0.2) is 0 Å². The molecule has 0 unspecified atom stereocenters. The van der Waals surface area contributed by atoms with Gasteiger partial charge in [0.05, 0.1) is 13.1 Å². The van der Waals surface area contributed by atoms with Crippen molar-refractivity contribution in [2.24, 2.45) is 23.2 Å². The van der Waals surface area contributed by atoms with Crippen molar-refractivity contribution in [3.05, 3.63) is 29.3 Å². The summed E-state index contributed by atoms with van der Waals surface area (Å²) in [6, 6.07) is 6.01. The van der Waals surface area contributed by atoms with Gasteiger partial charge in [0.1, 0.15) is 0 Å². The van der Waals surface area contributed by atoms with Crippen molar-refractivity contribution in [1.29, 1.82) is 0 Å². The third kappa shape index (κ3) is 4.31. The molecule has 1 aromatic rings. The highest BCUT2D eigenvalue weighted by Crippen LogP contribution is 2.60. The van der Waals surface area contributed by atoms with E-state index in [2.05, 4.69) is 28.1 Å². The molecule has 1 heterocycles. The largest absolute Gasteiger partial charge is 0.325 e. The number of hydrogen-bond donors (Lipinski definition) is 1. The van der Waals surface area contributed by atoms with Crippen LogP contribution in [0.5, 0.6) is 0 Å². The number of ketones is 1. The summed E-state index contributed by atoms with van der Waals surface area (Å²) in [6.45, 7) is 8.63. The Morgan fingerprint density at radius 3 is 2.03 bits per heavy atom. The van der Waals surface area contributed by atoms with Crippen LogP contribution in [0.3, 0.4) is 0 Å². The van der Waals surface area contributed by atoms with E-state index in [1.54, 1.807) is 0 Å². The lowest BCUT2D eigenvalue weighted by molar-refractivity contribution is -0.145. The molecule has 0 atom stereocenters. The van der Waals surface area contributed by atoms with Crippen LogP contribution in [0.2, 0.25) is 0 Å². The maximum absolute atomic E-state index is 13.4. The topological polar surface area (TPSA) is 52.7 Å². The van der Waals surface area contributed by atoms with E-state index in [-0.39, 0.29) is 11.3 Å².